The van der Waals surface area contributed by atoms with E-state index in [2.05, 4.69) is 10.1 Å². The van der Waals surface area contributed by atoms with E-state index in [1.54, 1.807) is 18.2 Å². The van der Waals surface area contributed by atoms with Gasteiger partial charge in [-0.05, 0) is 17.5 Å². The molecule has 0 spiro atoms. The molecule has 1 aliphatic carbocycles. The van der Waals surface area contributed by atoms with E-state index in [9.17, 15) is 14.7 Å². The van der Waals surface area contributed by atoms with Crippen molar-refractivity contribution in [1.82, 2.24) is 9.66 Å². The van der Waals surface area contributed by atoms with Crippen molar-refractivity contribution in [3.8, 4) is 11.4 Å². The second kappa shape index (κ2) is 7.13. The summed E-state index contributed by atoms with van der Waals surface area (Å²) in [6, 6.07) is 16.3. The Morgan fingerprint density at radius 3 is 2.45 bits per heavy atom. The third-order valence-corrected chi connectivity index (χ3v) is 4.98. The van der Waals surface area contributed by atoms with Crippen LogP contribution in [-0.4, -0.2) is 26.8 Å². The minimum absolute atomic E-state index is 0.00180. The van der Waals surface area contributed by atoms with Gasteiger partial charge < -0.3 is 5.11 Å². The van der Waals surface area contributed by atoms with Crippen LogP contribution in [0.25, 0.3) is 22.3 Å². The smallest absolute Gasteiger partial charge is 0.282 e. The number of hydrogen-bond acceptors (Lipinski definition) is 5. The summed E-state index contributed by atoms with van der Waals surface area (Å²) in [5.74, 6) is 0.179. The van der Waals surface area contributed by atoms with Crippen molar-refractivity contribution in [1.29, 1.82) is 0 Å². The fraction of sp³-hybridized carbons (Fsp3) is 0.217. The number of rotatable bonds is 3. The number of hydrogen-bond donors (Lipinski definition) is 1. The second-order valence-electron chi connectivity index (χ2n) is 7.98. The third kappa shape index (κ3) is 3.61. The molecule has 1 aromatic heterocycles. The van der Waals surface area contributed by atoms with Crippen LogP contribution in [0.5, 0.6) is 0 Å². The summed E-state index contributed by atoms with van der Waals surface area (Å²) in [6.45, 7) is 3.86. The topological polar surface area (TPSA) is 84.5 Å². The lowest BCUT2D eigenvalue weighted by molar-refractivity contribution is -0.117. The van der Waals surface area contributed by atoms with Crippen molar-refractivity contribution in [3.63, 3.8) is 0 Å². The van der Waals surface area contributed by atoms with Crippen LogP contribution in [0.3, 0.4) is 0 Å². The summed E-state index contributed by atoms with van der Waals surface area (Å²) in [5.41, 5.74) is 0.801. The maximum Gasteiger partial charge on any atom is 0.282 e. The highest BCUT2D eigenvalue weighted by Crippen LogP contribution is 2.35. The number of aliphatic hydroxyl groups excluding tert-OH is 1. The first-order valence-corrected chi connectivity index (χ1v) is 9.43. The average molecular weight is 387 g/mol. The zero-order chi connectivity index (χ0) is 20.6. The summed E-state index contributed by atoms with van der Waals surface area (Å²) >= 11 is 0. The lowest BCUT2D eigenvalue weighted by Crippen LogP contribution is -2.27. The van der Waals surface area contributed by atoms with Crippen LogP contribution in [-0.2, 0) is 4.79 Å². The molecular weight excluding hydrogens is 366 g/mol. The number of carbonyl (C=O) groups excluding carboxylic acids is 1. The van der Waals surface area contributed by atoms with Crippen molar-refractivity contribution in [2.75, 3.05) is 0 Å². The van der Waals surface area contributed by atoms with Crippen molar-refractivity contribution >= 4 is 22.9 Å². The molecule has 0 radical (unpaired) electrons. The number of aromatic nitrogens is 2. The molecule has 0 unspecified atom stereocenters. The molecule has 2 aromatic carbocycles. The van der Waals surface area contributed by atoms with Gasteiger partial charge in [0, 0.05) is 18.4 Å². The predicted molar refractivity (Wildman–Crippen MR) is 113 cm³/mol. The molecular formula is C23H21N3O3. The summed E-state index contributed by atoms with van der Waals surface area (Å²) in [4.78, 5) is 30.2. The van der Waals surface area contributed by atoms with Crippen LogP contribution < -0.4 is 5.56 Å². The summed E-state index contributed by atoms with van der Waals surface area (Å²) in [5, 5.41) is 15.1. The van der Waals surface area contributed by atoms with Crippen molar-refractivity contribution in [3.05, 3.63) is 76.3 Å². The molecule has 0 aliphatic heterocycles. The van der Waals surface area contributed by atoms with Gasteiger partial charge in [0.1, 0.15) is 5.76 Å². The highest BCUT2D eigenvalue weighted by Gasteiger charge is 2.32. The Bertz CT molecular complexity index is 1220. The van der Waals surface area contributed by atoms with Crippen LogP contribution in [0.1, 0.15) is 26.7 Å². The minimum Gasteiger partial charge on any atom is -0.511 e. The Kier molecular flexibility index (Phi) is 4.62. The molecule has 146 valence electrons. The standard InChI is InChI=1S/C23H21N3O3/c1-23(2)12-19(27)17(20(28)13-23)14-24-26-21(15-8-4-3-5-9-15)25-18-11-7-6-10-16(18)22(26)29/h3-11,14,27H,12-13H2,1-2H3/b24-14+. The predicted octanol–water partition coefficient (Wildman–Crippen LogP) is 4.10. The molecule has 0 atom stereocenters. The molecule has 0 fully saturated rings. The Morgan fingerprint density at radius 1 is 1.03 bits per heavy atom. The van der Waals surface area contributed by atoms with Gasteiger partial charge in [-0.1, -0.05) is 56.3 Å². The molecule has 0 saturated heterocycles. The van der Waals surface area contributed by atoms with E-state index in [4.69, 9.17) is 0 Å². The van der Waals surface area contributed by atoms with Gasteiger partial charge >= 0.3 is 0 Å². The molecule has 6 heteroatoms. The molecule has 0 bridgehead atoms. The van der Waals surface area contributed by atoms with E-state index in [0.29, 0.717) is 29.6 Å². The zero-order valence-corrected chi connectivity index (χ0v) is 16.3. The second-order valence-corrected chi connectivity index (χ2v) is 7.98. The van der Waals surface area contributed by atoms with Crippen LogP contribution in [0.2, 0.25) is 0 Å². The molecule has 6 nitrogen and oxygen atoms in total. The van der Waals surface area contributed by atoms with Gasteiger partial charge in [-0.2, -0.15) is 9.78 Å². The van der Waals surface area contributed by atoms with E-state index in [-0.39, 0.29) is 28.1 Å². The number of allylic oxidation sites excluding steroid dienone is 2. The van der Waals surface area contributed by atoms with Gasteiger partial charge in [-0.15, -0.1) is 0 Å². The number of fused-ring (bicyclic) bond motifs is 1. The third-order valence-electron chi connectivity index (χ3n) is 4.98. The van der Waals surface area contributed by atoms with Crippen LogP contribution in [0, 0.1) is 5.41 Å². The molecule has 29 heavy (non-hydrogen) atoms. The first-order valence-electron chi connectivity index (χ1n) is 9.43. The van der Waals surface area contributed by atoms with Crippen molar-refractivity contribution in [2.45, 2.75) is 26.7 Å². The number of benzene rings is 2. The highest BCUT2D eigenvalue weighted by molar-refractivity contribution is 6.14. The molecule has 0 saturated carbocycles. The number of aliphatic hydroxyl groups is 1. The number of nitrogens with zero attached hydrogens (tertiary/aromatic N) is 3. The fourth-order valence-corrected chi connectivity index (χ4v) is 3.57. The van der Waals surface area contributed by atoms with Crippen LogP contribution in [0.4, 0.5) is 0 Å². The van der Waals surface area contributed by atoms with Gasteiger partial charge in [-0.25, -0.2) is 4.98 Å². The van der Waals surface area contributed by atoms with E-state index in [0.717, 1.165) is 5.56 Å². The molecule has 0 amide bonds. The van der Waals surface area contributed by atoms with E-state index in [1.807, 2.05) is 50.2 Å². The number of ketones is 1. The number of para-hydroxylation sites is 1. The first-order chi connectivity index (χ1) is 13.9. The zero-order valence-electron chi connectivity index (χ0n) is 16.3. The Balaban J connectivity index is 1.89. The number of carbonyl (C=O) groups is 1. The molecule has 3 aromatic rings. The molecule has 1 heterocycles. The highest BCUT2D eigenvalue weighted by atomic mass is 16.3. The van der Waals surface area contributed by atoms with Crippen LogP contribution in [0.15, 0.2) is 75.8 Å². The first kappa shape index (κ1) is 18.8. The lowest BCUT2D eigenvalue weighted by Gasteiger charge is -2.28. The normalized spacial score (nSPS) is 16.7. The summed E-state index contributed by atoms with van der Waals surface area (Å²) in [7, 11) is 0. The van der Waals surface area contributed by atoms with Crippen LogP contribution >= 0.6 is 0 Å². The maximum atomic E-state index is 13.1. The van der Waals surface area contributed by atoms with Gasteiger partial charge in [0.2, 0.25) is 0 Å². The molecule has 1 N–H and O–H groups in total. The van der Waals surface area contributed by atoms with Gasteiger partial charge in [-0.3, -0.25) is 9.59 Å². The van der Waals surface area contributed by atoms with E-state index < -0.39 is 0 Å². The fourth-order valence-electron chi connectivity index (χ4n) is 3.57. The summed E-state index contributed by atoms with van der Waals surface area (Å²) in [6.07, 6.45) is 1.97. The van der Waals surface area contributed by atoms with Gasteiger partial charge in [0.15, 0.2) is 11.6 Å². The quantitative estimate of drug-likeness (QED) is 0.686. The van der Waals surface area contributed by atoms with Gasteiger partial charge in [0.25, 0.3) is 5.56 Å². The lowest BCUT2D eigenvalue weighted by atomic mass is 9.77. The summed E-state index contributed by atoms with van der Waals surface area (Å²) < 4.78 is 1.19. The van der Waals surface area contributed by atoms with Gasteiger partial charge in [0.05, 0.1) is 22.7 Å². The Labute approximate surface area is 167 Å². The number of Topliss-reactive ketones (excluding diaryl/α,β-unsaturated/α-hetero) is 1. The van der Waals surface area contributed by atoms with E-state index >= 15 is 0 Å². The van der Waals surface area contributed by atoms with Crippen molar-refractivity contribution in [2.24, 2.45) is 10.5 Å². The molecule has 4 rings (SSSR count). The average Bonchev–Trinajstić information content (AvgIpc) is 2.68. The monoisotopic (exact) mass is 387 g/mol. The maximum absolute atomic E-state index is 13.1. The van der Waals surface area contributed by atoms with Crippen molar-refractivity contribution < 1.29 is 9.90 Å². The van der Waals surface area contributed by atoms with E-state index in [1.165, 1.54) is 10.9 Å². The molecule has 1 aliphatic rings. The Hall–Kier alpha value is -3.54. The largest absolute Gasteiger partial charge is 0.511 e. The minimum atomic E-state index is -0.339. The Morgan fingerprint density at radius 2 is 1.72 bits per heavy atom. The SMILES string of the molecule is CC1(C)CC(=O)C(/C=N/n2c(-c3ccccc3)nc3ccccc3c2=O)=C(O)C1.